The number of carbonyl (C=O) groups excluding carboxylic acids is 1. The predicted octanol–water partition coefficient (Wildman–Crippen LogP) is 3.66. The lowest BCUT2D eigenvalue weighted by atomic mass is 9.85. The lowest BCUT2D eigenvalue weighted by Gasteiger charge is -2.24. The third-order valence-corrected chi connectivity index (χ3v) is 5.79. The average Bonchev–Trinajstić information content (AvgIpc) is 3.19. The number of ether oxygens (including phenoxy) is 2. The molecule has 34 heavy (non-hydrogen) atoms. The summed E-state index contributed by atoms with van der Waals surface area (Å²) in [7, 11) is 3.15. The molecule has 3 heterocycles. The van der Waals surface area contributed by atoms with Crippen molar-refractivity contribution in [1.82, 2.24) is 25.0 Å². The molecule has 10 heteroatoms. The SMILES string of the molecule is COc1ccc([C@@H]2CC(=O)Nc3c2c(C)nn3-c2nncc(-c3ccc(F)cc3)n2)cc1OC. The van der Waals surface area contributed by atoms with Crippen molar-refractivity contribution in [3.8, 4) is 28.7 Å². The second kappa shape index (κ2) is 8.54. The van der Waals surface area contributed by atoms with Gasteiger partial charge in [0.2, 0.25) is 5.91 Å². The van der Waals surface area contributed by atoms with Crippen LogP contribution in [0.15, 0.2) is 48.7 Å². The van der Waals surface area contributed by atoms with Crippen molar-refractivity contribution < 1.29 is 18.7 Å². The summed E-state index contributed by atoms with van der Waals surface area (Å²) in [6.45, 7) is 1.87. The molecule has 9 nitrogen and oxygen atoms in total. The van der Waals surface area contributed by atoms with Crippen molar-refractivity contribution in [2.45, 2.75) is 19.3 Å². The van der Waals surface area contributed by atoms with Crippen LogP contribution in [0.4, 0.5) is 10.2 Å². The number of nitrogens with one attached hydrogen (secondary N) is 1. The summed E-state index contributed by atoms with van der Waals surface area (Å²) in [6.07, 6.45) is 1.74. The number of anilines is 1. The van der Waals surface area contributed by atoms with Crippen LogP contribution in [-0.2, 0) is 4.79 Å². The number of rotatable bonds is 5. The van der Waals surface area contributed by atoms with Gasteiger partial charge in [0.1, 0.15) is 11.6 Å². The number of halogens is 1. The van der Waals surface area contributed by atoms with Gasteiger partial charge < -0.3 is 14.8 Å². The quantitative estimate of drug-likeness (QED) is 0.485. The number of aromatic nitrogens is 5. The topological polar surface area (TPSA) is 104 Å². The van der Waals surface area contributed by atoms with E-state index < -0.39 is 0 Å². The van der Waals surface area contributed by atoms with Crippen molar-refractivity contribution in [3.63, 3.8) is 0 Å². The average molecular weight is 460 g/mol. The molecule has 0 fully saturated rings. The highest BCUT2D eigenvalue weighted by Gasteiger charge is 2.33. The van der Waals surface area contributed by atoms with E-state index in [-0.39, 0.29) is 30.0 Å². The molecular formula is C24H21FN6O3. The van der Waals surface area contributed by atoms with E-state index in [1.165, 1.54) is 23.0 Å². The van der Waals surface area contributed by atoms with E-state index in [9.17, 15) is 9.18 Å². The first-order valence-corrected chi connectivity index (χ1v) is 10.6. The van der Waals surface area contributed by atoms with Gasteiger partial charge in [-0.1, -0.05) is 6.07 Å². The fraction of sp³-hybridized carbons (Fsp3) is 0.208. The van der Waals surface area contributed by atoms with E-state index in [0.29, 0.717) is 28.6 Å². The largest absolute Gasteiger partial charge is 0.493 e. The Balaban J connectivity index is 1.59. The number of nitrogens with zero attached hydrogens (tertiary/aromatic N) is 5. The molecule has 1 amide bonds. The minimum absolute atomic E-state index is 0.156. The molecule has 0 aliphatic carbocycles. The molecule has 0 spiro atoms. The first-order chi connectivity index (χ1) is 16.5. The fourth-order valence-electron chi connectivity index (χ4n) is 4.19. The second-order valence-electron chi connectivity index (χ2n) is 7.83. The van der Waals surface area contributed by atoms with E-state index in [2.05, 4.69) is 25.6 Å². The van der Waals surface area contributed by atoms with Crippen LogP contribution in [0.5, 0.6) is 11.5 Å². The van der Waals surface area contributed by atoms with E-state index in [1.54, 1.807) is 26.4 Å². The fourth-order valence-corrected chi connectivity index (χ4v) is 4.19. The van der Waals surface area contributed by atoms with Gasteiger partial charge in [-0.2, -0.15) is 14.9 Å². The van der Waals surface area contributed by atoms with Gasteiger partial charge in [0, 0.05) is 23.5 Å². The molecule has 5 rings (SSSR count). The number of benzene rings is 2. The van der Waals surface area contributed by atoms with Crippen LogP contribution in [0.2, 0.25) is 0 Å². The van der Waals surface area contributed by atoms with Crippen LogP contribution in [0.25, 0.3) is 17.2 Å². The number of methoxy groups -OCH3 is 2. The zero-order valence-corrected chi connectivity index (χ0v) is 18.7. The number of fused-ring (bicyclic) bond motifs is 1. The highest BCUT2D eigenvalue weighted by atomic mass is 19.1. The standard InChI is InChI=1S/C24H21FN6O3/c1-13-22-17(15-6-9-19(33-2)20(10-15)34-3)11-21(32)28-23(22)31(30-13)24-27-18(12-26-29-24)14-4-7-16(25)8-5-14/h4-10,12,17H,11H2,1-3H3,(H,28,32)/t17-/m0/s1. The Hall–Kier alpha value is -4.34. The lowest BCUT2D eigenvalue weighted by Crippen LogP contribution is -2.25. The summed E-state index contributed by atoms with van der Waals surface area (Å²) in [5, 5.41) is 15.7. The Morgan fingerprint density at radius 3 is 2.59 bits per heavy atom. The van der Waals surface area contributed by atoms with Crippen LogP contribution in [0, 0.1) is 12.7 Å². The molecule has 2 aromatic heterocycles. The molecule has 0 radical (unpaired) electrons. The molecule has 4 aromatic rings. The monoisotopic (exact) mass is 460 g/mol. The Morgan fingerprint density at radius 1 is 1.09 bits per heavy atom. The van der Waals surface area contributed by atoms with Gasteiger partial charge in [-0.15, -0.1) is 5.10 Å². The first kappa shape index (κ1) is 21.5. The zero-order valence-electron chi connectivity index (χ0n) is 18.7. The number of amides is 1. The summed E-state index contributed by atoms with van der Waals surface area (Å²) >= 11 is 0. The minimum atomic E-state index is -0.341. The normalized spacial score (nSPS) is 14.9. The van der Waals surface area contributed by atoms with Gasteiger partial charge in [-0.3, -0.25) is 4.79 Å². The Bertz CT molecular complexity index is 1390. The minimum Gasteiger partial charge on any atom is -0.493 e. The van der Waals surface area contributed by atoms with Crippen LogP contribution < -0.4 is 14.8 Å². The van der Waals surface area contributed by atoms with Gasteiger partial charge in [0.25, 0.3) is 5.95 Å². The van der Waals surface area contributed by atoms with Crippen molar-refractivity contribution in [2.75, 3.05) is 19.5 Å². The summed E-state index contributed by atoms with van der Waals surface area (Å²) in [6, 6.07) is 11.5. The van der Waals surface area contributed by atoms with Gasteiger partial charge >= 0.3 is 0 Å². The molecule has 1 aliphatic heterocycles. The highest BCUT2D eigenvalue weighted by molar-refractivity contribution is 5.95. The van der Waals surface area contributed by atoms with Crippen molar-refractivity contribution in [2.24, 2.45) is 0 Å². The third-order valence-electron chi connectivity index (χ3n) is 5.79. The number of aryl methyl sites for hydroxylation is 1. The highest BCUT2D eigenvalue weighted by Crippen LogP contribution is 2.42. The van der Waals surface area contributed by atoms with Gasteiger partial charge in [-0.05, 0) is 48.9 Å². The molecule has 0 bridgehead atoms. The predicted molar refractivity (Wildman–Crippen MR) is 122 cm³/mol. The number of hydrogen-bond donors (Lipinski definition) is 1. The van der Waals surface area contributed by atoms with Crippen LogP contribution >= 0.6 is 0 Å². The molecular weight excluding hydrogens is 439 g/mol. The Morgan fingerprint density at radius 2 is 1.85 bits per heavy atom. The van der Waals surface area contributed by atoms with E-state index in [0.717, 1.165) is 16.8 Å². The van der Waals surface area contributed by atoms with Crippen molar-refractivity contribution in [3.05, 3.63) is 71.3 Å². The summed E-state index contributed by atoms with van der Waals surface area (Å²) in [5.74, 6) is 1.13. The maximum absolute atomic E-state index is 13.3. The van der Waals surface area contributed by atoms with Crippen molar-refractivity contribution >= 4 is 11.7 Å². The smallest absolute Gasteiger partial charge is 0.272 e. The molecule has 2 aromatic carbocycles. The number of carbonyl (C=O) groups is 1. The maximum atomic E-state index is 13.3. The molecule has 172 valence electrons. The molecule has 1 aliphatic rings. The van der Waals surface area contributed by atoms with Crippen LogP contribution in [-0.4, -0.2) is 45.1 Å². The number of hydrogen-bond acceptors (Lipinski definition) is 7. The Kier molecular flexibility index (Phi) is 5.40. The van der Waals surface area contributed by atoms with Gasteiger partial charge in [0.05, 0.1) is 31.8 Å². The summed E-state index contributed by atoms with van der Waals surface area (Å²) in [4.78, 5) is 17.3. The molecule has 0 saturated carbocycles. The van der Waals surface area contributed by atoms with E-state index in [4.69, 9.17) is 9.47 Å². The zero-order chi connectivity index (χ0) is 23.8. The van der Waals surface area contributed by atoms with Crippen molar-refractivity contribution in [1.29, 1.82) is 0 Å². The van der Waals surface area contributed by atoms with Crippen LogP contribution in [0.3, 0.4) is 0 Å². The van der Waals surface area contributed by atoms with E-state index >= 15 is 0 Å². The molecule has 0 unspecified atom stereocenters. The molecule has 1 atom stereocenters. The first-order valence-electron chi connectivity index (χ1n) is 10.6. The van der Waals surface area contributed by atoms with Gasteiger partial charge in [-0.25, -0.2) is 9.37 Å². The van der Waals surface area contributed by atoms with Gasteiger partial charge in [0.15, 0.2) is 11.5 Å². The maximum Gasteiger partial charge on any atom is 0.272 e. The summed E-state index contributed by atoms with van der Waals surface area (Å²) < 4.78 is 25.6. The second-order valence-corrected chi connectivity index (χ2v) is 7.83. The summed E-state index contributed by atoms with van der Waals surface area (Å²) in [5.41, 5.74) is 3.68. The van der Waals surface area contributed by atoms with E-state index in [1.807, 2.05) is 25.1 Å². The Labute approximate surface area is 194 Å². The molecule has 1 N–H and O–H groups in total. The lowest BCUT2D eigenvalue weighted by molar-refractivity contribution is -0.116. The third kappa shape index (κ3) is 3.72. The molecule has 0 saturated heterocycles. The van der Waals surface area contributed by atoms with Crippen LogP contribution in [0.1, 0.15) is 29.2 Å².